The molecular weight excluding hydrogens is 440 g/mol. The van der Waals surface area contributed by atoms with E-state index in [1.54, 1.807) is 6.20 Å². The van der Waals surface area contributed by atoms with Crippen LogP contribution in [0.1, 0.15) is 34.8 Å². The number of aromatic nitrogens is 2. The lowest BCUT2D eigenvalue weighted by Gasteiger charge is -2.24. The molecule has 0 radical (unpaired) electrons. The molecule has 1 fully saturated rings. The number of hydrogen-bond donors (Lipinski definition) is 2. The molecule has 1 aliphatic rings. The molecule has 0 spiro atoms. The number of rotatable bonds is 4. The highest BCUT2D eigenvalue weighted by molar-refractivity contribution is 9.10. The smallest absolute Gasteiger partial charge is 0.259 e. The van der Waals surface area contributed by atoms with Crippen LogP contribution in [-0.4, -0.2) is 28.8 Å². The van der Waals surface area contributed by atoms with Gasteiger partial charge in [-0.2, -0.15) is 5.10 Å². The van der Waals surface area contributed by atoms with Crippen molar-refractivity contribution in [3.63, 3.8) is 0 Å². The molecule has 5 nitrogen and oxygen atoms in total. The van der Waals surface area contributed by atoms with Gasteiger partial charge in [0.2, 0.25) is 0 Å². The maximum Gasteiger partial charge on any atom is 0.259 e. The second kappa shape index (κ2) is 9.37. The lowest BCUT2D eigenvalue weighted by molar-refractivity contribution is 0.102. The molecule has 0 saturated carbocycles. The third kappa shape index (κ3) is 4.46. The molecule has 146 valence electrons. The Balaban J connectivity index is 0.00000225. The van der Waals surface area contributed by atoms with E-state index in [9.17, 15) is 4.79 Å². The van der Waals surface area contributed by atoms with Gasteiger partial charge in [0.15, 0.2) is 0 Å². The SMILES string of the molecule is Cl.O=C(Nc1ccc(Br)cc1)c1cnn(-c2ccccc2)c1C1CCNCC1. The van der Waals surface area contributed by atoms with Crippen molar-refractivity contribution in [3.05, 3.63) is 76.5 Å². The average Bonchev–Trinajstić information content (AvgIpc) is 3.16. The van der Waals surface area contributed by atoms with Crippen molar-refractivity contribution < 1.29 is 4.79 Å². The van der Waals surface area contributed by atoms with Gasteiger partial charge in [0.05, 0.1) is 23.1 Å². The molecule has 3 aromatic rings. The van der Waals surface area contributed by atoms with Crippen LogP contribution in [0.4, 0.5) is 5.69 Å². The van der Waals surface area contributed by atoms with Gasteiger partial charge in [-0.05, 0) is 62.3 Å². The Morgan fingerprint density at radius 2 is 1.75 bits per heavy atom. The van der Waals surface area contributed by atoms with E-state index in [0.29, 0.717) is 11.5 Å². The van der Waals surface area contributed by atoms with E-state index in [-0.39, 0.29) is 18.3 Å². The standard InChI is InChI=1S/C21H21BrN4O.ClH/c22-16-6-8-17(9-7-16)25-21(27)19-14-24-26(18-4-2-1-3-5-18)20(19)15-10-12-23-13-11-15;/h1-9,14-15,23H,10-13H2,(H,25,27);1H. The summed E-state index contributed by atoms with van der Waals surface area (Å²) in [4.78, 5) is 13.0. The number of carbonyl (C=O) groups excluding carboxylic acids is 1. The van der Waals surface area contributed by atoms with Crippen LogP contribution in [0.2, 0.25) is 0 Å². The van der Waals surface area contributed by atoms with Crippen molar-refractivity contribution in [3.8, 4) is 5.69 Å². The quantitative estimate of drug-likeness (QED) is 0.588. The number of benzene rings is 2. The van der Waals surface area contributed by atoms with Gasteiger partial charge >= 0.3 is 0 Å². The third-order valence-corrected chi connectivity index (χ3v) is 5.41. The van der Waals surface area contributed by atoms with Crippen molar-refractivity contribution >= 4 is 39.9 Å². The lowest BCUT2D eigenvalue weighted by atomic mass is 9.91. The van der Waals surface area contributed by atoms with Crippen molar-refractivity contribution in [2.45, 2.75) is 18.8 Å². The van der Waals surface area contributed by atoms with Gasteiger partial charge in [0, 0.05) is 16.1 Å². The number of nitrogens with zero attached hydrogens (tertiary/aromatic N) is 2. The zero-order valence-corrected chi connectivity index (χ0v) is 17.7. The predicted octanol–water partition coefficient (Wildman–Crippen LogP) is 4.78. The topological polar surface area (TPSA) is 59.0 Å². The molecular formula is C21H22BrClN4O. The molecule has 0 bridgehead atoms. The first-order valence-corrected chi connectivity index (χ1v) is 9.92. The Kier molecular flexibility index (Phi) is 6.88. The molecule has 1 aliphatic heterocycles. The number of anilines is 1. The van der Waals surface area contributed by atoms with Gasteiger partial charge < -0.3 is 10.6 Å². The summed E-state index contributed by atoms with van der Waals surface area (Å²) in [7, 11) is 0. The van der Waals surface area contributed by atoms with Gasteiger partial charge in [-0.25, -0.2) is 4.68 Å². The molecule has 0 aliphatic carbocycles. The zero-order valence-electron chi connectivity index (χ0n) is 15.3. The second-order valence-corrected chi connectivity index (χ2v) is 7.59. The molecule has 2 heterocycles. The van der Waals surface area contributed by atoms with Crippen LogP contribution in [0.3, 0.4) is 0 Å². The summed E-state index contributed by atoms with van der Waals surface area (Å²) in [5, 5.41) is 11.0. The van der Waals surface area contributed by atoms with E-state index < -0.39 is 0 Å². The molecule has 1 saturated heterocycles. The Hall–Kier alpha value is -2.15. The zero-order chi connectivity index (χ0) is 18.6. The van der Waals surface area contributed by atoms with Crippen molar-refractivity contribution in [1.29, 1.82) is 0 Å². The average molecular weight is 462 g/mol. The summed E-state index contributed by atoms with van der Waals surface area (Å²) < 4.78 is 2.90. The highest BCUT2D eigenvalue weighted by atomic mass is 79.9. The first-order chi connectivity index (χ1) is 13.2. The highest BCUT2D eigenvalue weighted by Crippen LogP contribution is 2.30. The Morgan fingerprint density at radius 1 is 1.07 bits per heavy atom. The van der Waals surface area contributed by atoms with Gasteiger partial charge in [0.1, 0.15) is 0 Å². The summed E-state index contributed by atoms with van der Waals surface area (Å²) in [6, 6.07) is 17.6. The summed E-state index contributed by atoms with van der Waals surface area (Å²) >= 11 is 3.42. The number of halogens is 2. The Morgan fingerprint density at radius 3 is 2.43 bits per heavy atom. The van der Waals surface area contributed by atoms with Crippen LogP contribution < -0.4 is 10.6 Å². The molecule has 7 heteroatoms. The molecule has 0 atom stereocenters. The van der Waals surface area contributed by atoms with Crippen LogP contribution in [0.5, 0.6) is 0 Å². The lowest BCUT2D eigenvalue weighted by Crippen LogP contribution is -2.29. The minimum absolute atomic E-state index is 0. The Labute approximate surface area is 179 Å². The monoisotopic (exact) mass is 460 g/mol. The summed E-state index contributed by atoms with van der Waals surface area (Å²) in [5.41, 5.74) is 3.40. The summed E-state index contributed by atoms with van der Waals surface area (Å²) in [6.07, 6.45) is 3.69. The van der Waals surface area contributed by atoms with Crippen LogP contribution in [0.25, 0.3) is 5.69 Å². The summed E-state index contributed by atoms with van der Waals surface area (Å²) in [6.45, 7) is 1.91. The molecule has 1 amide bonds. The van der Waals surface area contributed by atoms with Gasteiger partial charge in [-0.15, -0.1) is 12.4 Å². The van der Waals surface area contributed by atoms with Gasteiger partial charge in [-0.3, -0.25) is 4.79 Å². The van der Waals surface area contributed by atoms with E-state index in [4.69, 9.17) is 0 Å². The number of para-hydroxylation sites is 1. The minimum atomic E-state index is -0.118. The first kappa shape index (κ1) is 20.6. The molecule has 28 heavy (non-hydrogen) atoms. The molecule has 2 aromatic carbocycles. The molecule has 0 unspecified atom stereocenters. The third-order valence-electron chi connectivity index (χ3n) is 4.88. The normalized spacial score (nSPS) is 14.3. The second-order valence-electron chi connectivity index (χ2n) is 6.68. The van der Waals surface area contributed by atoms with Gasteiger partial charge in [0.25, 0.3) is 5.91 Å². The largest absolute Gasteiger partial charge is 0.322 e. The predicted molar refractivity (Wildman–Crippen MR) is 118 cm³/mol. The minimum Gasteiger partial charge on any atom is -0.322 e. The highest BCUT2D eigenvalue weighted by Gasteiger charge is 2.27. The van der Waals surface area contributed by atoms with E-state index in [1.165, 1.54) is 0 Å². The van der Waals surface area contributed by atoms with E-state index in [2.05, 4.69) is 31.7 Å². The van der Waals surface area contributed by atoms with Crippen LogP contribution in [0, 0.1) is 0 Å². The molecule has 4 rings (SSSR count). The van der Waals surface area contributed by atoms with E-state index in [1.807, 2.05) is 59.3 Å². The van der Waals surface area contributed by atoms with Crippen LogP contribution in [0.15, 0.2) is 65.3 Å². The maximum absolute atomic E-state index is 13.0. The fourth-order valence-electron chi connectivity index (χ4n) is 3.53. The first-order valence-electron chi connectivity index (χ1n) is 9.13. The number of nitrogens with one attached hydrogen (secondary N) is 2. The fourth-order valence-corrected chi connectivity index (χ4v) is 3.79. The van der Waals surface area contributed by atoms with E-state index in [0.717, 1.165) is 47.5 Å². The summed E-state index contributed by atoms with van der Waals surface area (Å²) in [5.74, 6) is 0.188. The van der Waals surface area contributed by atoms with Crippen LogP contribution >= 0.6 is 28.3 Å². The number of amides is 1. The number of hydrogen-bond acceptors (Lipinski definition) is 3. The Bertz CT molecular complexity index is 921. The van der Waals surface area contributed by atoms with Crippen LogP contribution in [-0.2, 0) is 0 Å². The fraction of sp³-hybridized carbons (Fsp3) is 0.238. The van der Waals surface area contributed by atoms with Crippen molar-refractivity contribution in [1.82, 2.24) is 15.1 Å². The maximum atomic E-state index is 13.0. The number of carbonyl (C=O) groups is 1. The number of piperidine rings is 1. The van der Waals surface area contributed by atoms with Gasteiger partial charge in [-0.1, -0.05) is 34.1 Å². The molecule has 2 N–H and O–H groups in total. The van der Waals surface area contributed by atoms with Crippen molar-refractivity contribution in [2.24, 2.45) is 0 Å². The van der Waals surface area contributed by atoms with E-state index >= 15 is 0 Å². The molecule has 1 aromatic heterocycles. The van der Waals surface area contributed by atoms with Crippen molar-refractivity contribution in [2.75, 3.05) is 18.4 Å².